The van der Waals surface area contributed by atoms with Crippen LogP contribution in [0.4, 0.5) is 0 Å². The van der Waals surface area contributed by atoms with Gasteiger partial charge in [-0.05, 0) is 18.4 Å². The van der Waals surface area contributed by atoms with E-state index in [1.165, 1.54) is 11.3 Å². The van der Waals surface area contributed by atoms with Crippen molar-refractivity contribution in [3.63, 3.8) is 0 Å². The van der Waals surface area contributed by atoms with Crippen LogP contribution in [0.3, 0.4) is 0 Å². The zero-order chi connectivity index (χ0) is 11.8. The lowest BCUT2D eigenvalue weighted by molar-refractivity contribution is 0.0970. The van der Waals surface area contributed by atoms with E-state index in [1.54, 1.807) is 12.1 Å². The minimum atomic E-state index is -0.203. The molecule has 4 nitrogen and oxygen atoms in total. The molecule has 1 N–H and O–H groups in total. The van der Waals surface area contributed by atoms with Gasteiger partial charge in [0.25, 0.3) is 11.9 Å². The Morgan fingerprint density at radius 2 is 2.56 bits per heavy atom. The molecule has 0 atom stereocenters. The van der Waals surface area contributed by atoms with Gasteiger partial charge < -0.3 is 4.74 Å². The number of thiophene rings is 1. The van der Waals surface area contributed by atoms with Crippen molar-refractivity contribution < 1.29 is 9.53 Å². The van der Waals surface area contributed by atoms with Crippen molar-refractivity contribution in [3.05, 3.63) is 35.0 Å². The van der Waals surface area contributed by atoms with Gasteiger partial charge in [0.05, 0.1) is 18.0 Å². The smallest absolute Gasteiger partial charge is 0.292 e. The number of nitrogens with zero attached hydrogens (tertiary/aromatic N) is 1. The van der Waals surface area contributed by atoms with E-state index in [1.807, 2.05) is 18.4 Å². The summed E-state index contributed by atoms with van der Waals surface area (Å²) in [4.78, 5) is 16.3. The molecule has 0 unspecified atom stereocenters. The molecule has 0 aliphatic heterocycles. The number of hydrogen-bond acceptors (Lipinski definition) is 4. The van der Waals surface area contributed by atoms with Crippen molar-refractivity contribution in [1.82, 2.24) is 5.32 Å². The van der Waals surface area contributed by atoms with Crippen LogP contribution in [0.1, 0.15) is 16.6 Å². The van der Waals surface area contributed by atoms with Crippen LogP contribution in [0.2, 0.25) is 0 Å². The van der Waals surface area contributed by atoms with Crippen molar-refractivity contribution in [3.8, 4) is 0 Å². The molecule has 86 valence electrons. The van der Waals surface area contributed by atoms with Crippen molar-refractivity contribution >= 4 is 23.3 Å². The van der Waals surface area contributed by atoms with Gasteiger partial charge in [-0.3, -0.25) is 10.1 Å². The zero-order valence-electron chi connectivity index (χ0n) is 9.10. The molecular formula is C11H14N2O2S. The van der Waals surface area contributed by atoms with E-state index in [4.69, 9.17) is 4.74 Å². The minimum absolute atomic E-state index is 0.203. The molecule has 0 saturated carbocycles. The van der Waals surface area contributed by atoms with E-state index in [-0.39, 0.29) is 11.9 Å². The summed E-state index contributed by atoms with van der Waals surface area (Å²) in [7, 11) is 0. The summed E-state index contributed by atoms with van der Waals surface area (Å²) in [6.45, 7) is 6.26. The van der Waals surface area contributed by atoms with Gasteiger partial charge in [-0.2, -0.15) is 0 Å². The van der Waals surface area contributed by atoms with E-state index in [2.05, 4.69) is 16.9 Å². The highest BCUT2D eigenvalue weighted by Gasteiger charge is 2.09. The third kappa shape index (κ3) is 3.86. The number of hydrogen-bond donors (Lipinski definition) is 1. The van der Waals surface area contributed by atoms with Gasteiger partial charge >= 0.3 is 0 Å². The molecule has 1 amide bonds. The molecule has 16 heavy (non-hydrogen) atoms. The third-order valence-corrected chi connectivity index (χ3v) is 2.48. The van der Waals surface area contributed by atoms with Crippen molar-refractivity contribution in [2.45, 2.75) is 6.92 Å². The Hall–Kier alpha value is -1.62. The van der Waals surface area contributed by atoms with Gasteiger partial charge in [0, 0.05) is 0 Å². The zero-order valence-corrected chi connectivity index (χ0v) is 9.92. The molecule has 1 aromatic heterocycles. The van der Waals surface area contributed by atoms with E-state index in [9.17, 15) is 4.79 Å². The normalized spacial score (nSPS) is 10.9. The standard InChI is InChI=1S/C11H14N2O2S/c1-3-7-12-11(15-4-2)13-10(14)9-6-5-8-16-9/h3,5-6,8H,1,4,7H2,2H3,(H,12,13,14). The fraction of sp³-hybridized carbons (Fsp3) is 0.273. The Morgan fingerprint density at radius 1 is 1.75 bits per heavy atom. The van der Waals surface area contributed by atoms with Crippen LogP contribution < -0.4 is 5.32 Å². The number of nitrogens with one attached hydrogen (secondary N) is 1. The molecule has 1 heterocycles. The van der Waals surface area contributed by atoms with Crippen LogP contribution in [-0.2, 0) is 4.74 Å². The summed E-state index contributed by atoms with van der Waals surface area (Å²) < 4.78 is 5.19. The second-order valence-corrected chi connectivity index (χ2v) is 3.75. The van der Waals surface area contributed by atoms with Gasteiger partial charge in [0.1, 0.15) is 0 Å². The Kier molecular flexibility index (Phi) is 5.28. The number of carbonyl (C=O) groups is 1. The molecule has 0 bridgehead atoms. The van der Waals surface area contributed by atoms with E-state index < -0.39 is 0 Å². The molecule has 0 fully saturated rings. The number of aliphatic imine (C=N–C) groups is 1. The number of amidine groups is 1. The van der Waals surface area contributed by atoms with Crippen LogP contribution in [0.15, 0.2) is 35.2 Å². The minimum Gasteiger partial charge on any atom is -0.465 e. The molecule has 1 aromatic rings. The van der Waals surface area contributed by atoms with Crippen LogP contribution >= 0.6 is 11.3 Å². The van der Waals surface area contributed by atoms with Crippen LogP contribution in [0, 0.1) is 0 Å². The van der Waals surface area contributed by atoms with Gasteiger partial charge in [-0.15, -0.1) is 17.9 Å². The van der Waals surface area contributed by atoms with Crippen molar-refractivity contribution in [2.75, 3.05) is 13.2 Å². The summed E-state index contributed by atoms with van der Waals surface area (Å²) in [5, 5.41) is 4.45. The first-order chi connectivity index (χ1) is 7.77. The first-order valence-electron chi connectivity index (χ1n) is 4.91. The van der Waals surface area contributed by atoms with Crippen molar-refractivity contribution in [2.24, 2.45) is 4.99 Å². The highest BCUT2D eigenvalue weighted by atomic mass is 32.1. The predicted molar refractivity (Wildman–Crippen MR) is 65.9 cm³/mol. The average molecular weight is 238 g/mol. The van der Waals surface area contributed by atoms with Gasteiger partial charge in [0.15, 0.2) is 0 Å². The molecule has 0 spiro atoms. The molecule has 0 aliphatic rings. The topological polar surface area (TPSA) is 50.7 Å². The van der Waals surface area contributed by atoms with Gasteiger partial charge in [0.2, 0.25) is 0 Å². The fourth-order valence-corrected chi connectivity index (χ4v) is 1.59. The second kappa shape index (κ2) is 6.79. The molecule has 0 aromatic carbocycles. The quantitative estimate of drug-likeness (QED) is 0.496. The highest BCUT2D eigenvalue weighted by Crippen LogP contribution is 2.07. The number of ether oxygens (including phenoxy) is 1. The third-order valence-electron chi connectivity index (χ3n) is 1.61. The van der Waals surface area contributed by atoms with Crippen molar-refractivity contribution in [1.29, 1.82) is 0 Å². The molecule has 0 radical (unpaired) electrons. The predicted octanol–water partition coefficient (Wildman–Crippen LogP) is 2.06. The summed E-state index contributed by atoms with van der Waals surface area (Å²) in [5.74, 6) is -0.203. The maximum Gasteiger partial charge on any atom is 0.292 e. The monoisotopic (exact) mass is 238 g/mol. The molecule has 5 heteroatoms. The lowest BCUT2D eigenvalue weighted by Crippen LogP contribution is -2.32. The number of rotatable bonds is 4. The Labute approximate surface area is 98.7 Å². The molecule has 0 aliphatic carbocycles. The van der Waals surface area contributed by atoms with E-state index >= 15 is 0 Å². The summed E-state index contributed by atoms with van der Waals surface area (Å²) in [6.07, 6.45) is 1.64. The highest BCUT2D eigenvalue weighted by molar-refractivity contribution is 7.12. The largest absolute Gasteiger partial charge is 0.465 e. The summed E-state index contributed by atoms with van der Waals surface area (Å²) in [5.41, 5.74) is 0. The SMILES string of the molecule is C=CCN=C(NC(=O)c1cccs1)OCC. The Balaban J connectivity index is 2.61. The number of amides is 1. The summed E-state index contributed by atoms with van der Waals surface area (Å²) >= 11 is 1.37. The van der Waals surface area contributed by atoms with E-state index in [0.29, 0.717) is 18.0 Å². The Morgan fingerprint density at radius 3 is 3.12 bits per heavy atom. The van der Waals surface area contributed by atoms with Crippen LogP contribution in [0.5, 0.6) is 0 Å². The summed E-state index contributed by atoms with van der Waals surface area (Å²) in [6, 6.07) is 3.80. The fourth-order valence-electron chi connectivity index (χ4n) is 0.972. The first kappa shape index (κ1) is 12.4. The first-order valence-corrected chi connectivity index (χ1v) is 5.79. The second-order valence-electron chi connectivity index (χ2n) is 2.80. The van der Waals surface area contributed by atoms with Gasteiger partial charge in [-0.25, -0.2) is 4.99 Å². The molecular weight excluding hydrogens is 224 g/mol. The van der Waals surface area contributed by atoms with E-state index in [0.717, 1.165) is 0 Å². The average Bonchev–Trinajstić information content (AvgIpc) is 2.79. The Bertz CT molecular complexity index is 371. The maximum atomic E-state index is 11.7. The molecule has 0 saturated heterocycles. The lowest BCUT2D eigenvalue weighted by atomic mass is 10.4. The molecule has 1 rings (SSSR count). The van der Waals surface area contributed by atoms with Crippen LogP contribution in [-0.4, -0.2) is 25.1 Å². The number of carbonyl (C=O) groups excluding carboxylic acids is 1. The maximum absolute atomic E-state index is 11.7. The van der Waals surface area contributed by atoms with Crippen LogP contribution in [0.25, 0.3) is 0 Å². The van der Waals surface area contributed by atoms with Gasteiger partial charge in [-0.1, -0.05) is 12.1 Å². The lowest BCUT2D eigenvalue weighted by Gasteiger charge is -2.07.